The van der Waals surface area contributed by atoms with Gasteiger partial charge in [-0.05, 0) is 67.1 Å². The lowest BCUT2D eigenvalue weighted by Crippen LogP contribution is -2.44. The van der Waals surface area contributed by atoms with Gasteiger partial charge in [0.05, 0.1) is 12.0 Å². The number of piperidine rings is 1. The minimum Gasteiger partial charge on any atom is -0.347 e. The van der Waals surface area contributed by atoms with Crippen LogP contribution in [-0.4, -0.2) is 63.3 Å². The number of anilines is 2. The molecule has 11 heteroatoms. The summed E-state index contributed by atoms with van der Waals surface area (Å²) in [7, 11) is 0. The average molecular weight is 526 g/mol. The molecule has 0 bridgehead atoms. The summed E-state index contributed by atoms with van der Waals surface area (Å²) in [5.41, 5.74) is 3.21. The van der Waals surface area contributed by atoms with Crippen molar-refractivity contribution in [3.05, 3.63) is 77.2 Å². The lowest BCUT2D eigenvalue weighted by molar-refractivity contribution is -0.128. The Bertz CT molecular complexity index is 1470. The van der Waals surface area contributed by atoms with Crippen molar-refractivity contribution in [2.75, 3.05) is 30.3 Å². The fourth-order valence-electron chi connectivity index (χ4n) is 5.78. The number of hydrogen-bond donors (Lipinski definition) is 3. The summed E-state index contributed by atoms with van der Waals surface area (Å²) in [6.45, 7) is 0.726. The summed E-state index contributed by atoms with van der Waals surface area (Å²) in [5.74, 6) is -0.440. The van der Waals surface area contributed by atoms with E-state index < -0.39 is 5.41 Å². The normalized spacial score (nSPS) is 19.8. The van der Waals surface area contributed by atoms with Crippen LogP contribution in [0, 0.1) is 5.92 Å². The number of amides is 4. The first-order chi connectivity index (χ1) is 18.9. The number of nitrogens with zero attached hydrogens (tertiary/aromatic N) is 4. The molecule has 1 fully saturated rings. The van der Waals surface area contributed by atoms with Crippen LogP contribution in [0.5, 0.6) is 0 Å². The number of carbonyl (C=O) groups is 4. The summed E-state index contributed by atoms with van der Waals surface area (Å²) in [6.07, 6.45) is 5.32. The van der Waals surface area contributed by atoms with E-state index in [0.29, 0.717) is 50.3 Å². The van der Waals surface area contributed by atoms with Gasteiger partial charge in [-0.15, -0.1) is 5.10 Å². The zero-order valence-electron chi connectivity index (χ0n) is 21.1. The van der Waals surface area contributed by atoms with Crippen molar-refractivity contribution in [2.45, 2.75) is 31.1 Å². The second kappa shape index (κ2) is 9.90. The molecule has 1 spiro atoms. The Labute approximate surface area is 224 Å². The molecule has 4 heterocycles. The summed E-state index contributed by atoms with van der Waals surface area (Å²) in [4.78, 5) is 56.7. The Morgan fingerprint density at radius 3 is 2.62 bits per heavy atom. The Morgan fingerprint density at radius 1 is 1.03 bits per heavy atom. The molecule has 2 aromatic heterocycles. The van der Waals surface area contributed by atoms with Crippen molar-refractivity contribution in [3.8, 4) is 0 Å². The summed E-state index contributed by atoms with van der Waals surface area (Å²) in [5, 5.41) is 16.1. The van der Waals surface area contributed by atoms with Crippen molar-refractivity contribution >= 4 is 35.1 Å². The molecule has 3 aromatic rings. The number of benzene rings is 1. The highest BCUT2D eigenvalue weighted by Crippen LogP contribution is 2.46. The lowest BCUT2D eigenvalue weighted by Gasteiger charge is -2.31. The molecule has 1 aliphatic carbocycles. The zero-order valence-corrected chi connectivity index (χ0v) is 21.1. The van der Waals surface area contributed by atoms with Crippen LogP contribution < -0.4 is 16.0 Å². The van der Waals surface area contributed by atoms with Crippen molar-refractivity contribution in [3.63, 3.8) is 0 Å². The highest BCUT2D eigenvalue weighted by Gasteiger charge is 2.51. The highest BCUT2D eigenvalue weighted by atomic mass is 16.2. The number of fused-ring (bicyclic) bond motifs is 3. The van der Waals surface area contributed by atoms with Gasteiger partial charge in [0.25, 0.3) is 5.91 Å². The van der Waals surface area contributed by atoms with Gasteiger partial charge in [-0.2, -0.15) is 5.10 Å². The zero-order chi connectivity index (χ0) is 27.0. The topological polar surface area (TPSA) is 146 Å². The predicted octanol–water partition coefficient (Wildman–Crippen LogP) is 1.47. The molecule has 4 amide bonds. The third-order valence-electron chi connectivity index (χ3n) is 7.83. The minimum absolute atomic E-state index is 0.0513. The molecule has 198 valence electrons. The number of hydrogen-bond acceptors (Lipinski definition) is 7. The van der Waals surface area contributed by atoms with Gasteiger partial charge in [-0.3, -0.25) is 19.2 Å². The third-order valence-corrected chi connectivity index (χ3v) is 7.83. The Morgan fingerprint density at radius 2 is 1.82 bits per heavy atom. The lowest BCUT2D eigenvalue weighted by atomic mass is 9.79. The van der Waals surface area contributed by atoms with Crippen LogP contribution >= 0.6 is 0 Å². The SMILES string of the molecule is O=C(CNC(=O)C1CCN(C(=O)c2cccnn2)CC1)Nc1ccc2c(c1)CC1(C2)C(=O)Nc2ncccc21. The van der Waals surface area contributed by atoms with Crippen LogP contribution in [0.3, 0.4) is 0 Å². The van der Waals surface area contributed by atoms with Gasteiger partial charge >= 0.3 is 0 Å². The van der Waals surface area contributed by atoms with E-state index in [0.717, 1.165) is 16.7 Å². The molecule has 39 heavy (non-hydrogen) atoms. The van der Waals surface area contributed by atoms with Crippen molar-refractivity contribution < 1.29 is 19.2 Å². The number of aromatic nitrogens is 3. The summed E-state index contributed by atoms with van der Waals surface area (Å²) in [6, 6.07) is 12.7. The standard InChI is InChI=1S/C28H27N7O4/c36-23(16-30-25(37)17-7-11-35(12-8-17)26(38)22-4-2-10-31-34-22)32-20-6-5-18-14-28(15-19(18)13-20)21-3-1-9-29-24(21)33-27(28)39/h1-6,9-10,13,17H,7-8,11-12,14-16H2,(H,30,37)(H,32,36)(H,29,33,39). The first-order valence-corrected chi connectivity index (χ1v) is 13.0. The van der Waals surface area contributed by atoms with Gasteiger partial charge in [0.1, 0.15) is 5.82 Å². The van der Waals surface area contributed by atoms with E-state index in [4.69, 9.17) is 0 Å². The average Bonchev–Trinajstić information content (AvgIpc) is 3.48. The van der Waals surface area contributed by atoms with Gasteiger partial charge in [-0.1, -0.05) is 12.1 Å². The molecule has 0 radical (unpaired) electrons. The molecule has 0 saturated carbocycles. The van der Waals surface area contributed by atoms with E-state index >= 15 is 0 Å². The molecule has 3 N–H and O–H groups in total. The van der Waals surface area contributed by atoms with Crippen LogP contribution in [0.1, 0.15) is 40.0 Å². The van der Waals surface area contributed by atoms with Gasteiger partial charge in [0, 0.05) is 42.7 Å². The third kappa shape index (κ3) is 4.60. The molecule has 2 aliphatic heterocycles. The molecular formula is C28H27N7O4. The van der Waals surface area contributed by atoms with Gasteiger partial charge in [0.2, 0.25) is 17.7 Å². The number of nitrogens with one attached hydrogen (secondary N) is 3. The summed E-state index contributed by atoms with van der Waals surface area (Å²) >= 11 is 0. The Hall–Kier alpha value is -4.67. The van der Waals surface area contributed by atoms with Gasteiger partial charge < -0.3 is 20.9 Å². The number of likely N-dealkylation sites (tertiary alicyclic amines) is 1. The quantitative estimate of drug-likeness (QED) is 0.457. The molecule has 6 rings (SSSR count). The number of carbonyl (C=O) groups excluding carboxylic acids is 4. The predicted molar refractivity (Wildman–Crippen MR) is 141 cm³/mol. The first-order valence-electron chi connectivity index (χ1n) is 13.0. The van der Waals surface area contributed by atoms with E-state index in [1.807, 2.05) is 30.3 Å². The van der Waals surface area contributed by atoms with Crippen molar-refractivity contribution in [1.29, 1.82) is 0 Å². The van der Waals surface area contributed by atoms with Crippen LogP contribution in [0.15, 0.2) is 54.9 Å². The van der Waals surface area contributed by atoms with Crippen LogP contribution in [0.25, 0.3) is 0 Å². The maximum atomic E-state index is 12.9. The first kappa shape index (κ1) is 24.7. The molecule has 1 saturated heterocycles. The Kier molecular flexibility index (Phi) is 6.26. The van der Waals surface area contributed by atoms with Crippen molar-refractivity contribution in [1.82, 2.24) is 25.4 Å². The van der Waals surface area contributed by atoms with Crippen LogP contribution in [0.2, 0.25) is 0 Å². The van der Waals surface area contributed by atoms with E-state index in [1.54, 1.807) is 23.2 Å². The monoisotopic (exact) mass is 525 g/mol. The van der Waals surface area contributed by atoms with Gasteiger partial charge in [0.15, 0.2) is 5.69 Å². The largest absolute Gasteiger partial charge is 0.347 e. The van der Waals surface area contributed by atoms with Crippen LogP contribution in [0.4, 0.5) is 11.5 Å². The molecule has 3 aliphatic rings. The van der Waals surface area contributed by atoms with E-state index in [9.17, 15) is 19.2 Å². The summed E-state index contributed by atoms with van der Waals surface area (Å²) < 4.78 is 0. The van der Waals surface area contributed by atoms with E-state index in [2.05, 4.69) is 31.1 Å². The molecule has 11 nitrogen and oxygen atoms in total. The van der Waals surface area contributed by atoms with Crippen LogP contribution in [-0.2, 0) is 32.6 Å². The molecule has 1 aromatic carbocycles. The number of rotatable bonds is 5. The van der Waals surface area contributed by atoms with Crippen molar-refractivity contribution in [2.24, 2.45) is 5.92 Å². The van der Waals surface area contributed by atoms with E-state index in [-0.39, 0.29) is 41.8 Å². The van der Waals surface area contributed by atoms with E-state index in [1.165, 1.54) is 6.20 Å². The maximum Gasteiger partial charge on any atom is 0.274 e. The molecular weight excluding hydrogens is 498 g/mol. The molecule has 1 unspecified atom stereocenters. The number of pyridine rings is 1. The minimum atomic E-state index is -0.669. The second-order valence-electron chi connectivity index (χ2n) is 10.2. The fourth-order valence-corrected chi connectivity index (χ4v) is 5.78. The molecule has 1 atom stereocenters. The fraction of sp³-hybridized carbons (Fsp3) is 0.321. The van der Waals surface area contributed by atoms with Gasteiger partial charge in [-0.25, -0.2) is 4.98 Å². The Balaban J connectivity index is 1.00. The highest BCUT2D eigenvalue weighted by molar-refractivity contribution is 6.06. The maximum absolute atomic E-state index is 12.9. The smallest absolute Gasteiger partial charge is 0.274 e. The second-order valence-corrected chi connectivity index (χ2v) is 10.2.